The third-order valence-corrected chi connectivity index (χ3v) is 9.08. The van der Waals surface area contributed by atoms with Crippen molar-refractivity contribution in [1.29, 1.82) is 0 Å². The molecule has 4 atom stereocenters. The number of ether oxygens (including phenoxy) is 4. The predicted octanol–water partition coefficient (Wildman–Crippen LogP) is 4.22. The minimum absolute atomic E-state index is 0.184. The molecule has 0 aromatic heterocycles. The van der Waals surface area contributed by atoms with E-state index in [9.17, 15) is 4.79 Å². The molecular weight excluding hydrogens is 447 g/mol. The SMILES string of the molecule is C=IC12OCC(OC(C)(C)CC)C1(C)OCC2OC(=O)C(C)(C)CCC. The van der Waals surface area contributed by atoms with Gasteiger partial charge in [0.05, 0.1) is 24.2 Å². The second-order valence-electron chi connectivity index (χ2n) is 8.76. The number of alkyl halides is 1. The summed E-state index contributed by atoms with van der Waals surface area (Å²) in [5.41, 5.74) is -1.39. The van der Waals surface area contributed by atoms with Crippen molar-refractivity contribution in [1.82, 2.24) is 0 Å². The number of rotatable bonds is 8. The van der Waals surface area contributed by atoms with Crippen molar-refractivity contribution in [3.05, 3.63) is 0 Å². The Morgan fingerprint density at radius 2 is 1.81 bits per heavy atom. The van der Waals surface area contributed by atoms with Gasteiger partial charge in [0, 0.05) is 0 Å². The van der Waals surface area contributed by atoms with Gasteiger partial charge in [-0.05, 0) is 47.5 Å². The van der Waals surface area contributed by atoms with Crippen molar-refractivity contribution in [3.8, 4) is 0 Å². The molecule has 2 heterocycles. The highest BCUT2D eigenvalue weighted by molar-refractivity contribution is 14.2. The van der Waals surface area contributed by atoms with Gasteiger partial charge in [-0.3, -0.25) is 4.79 Å². The molecule has 4 unspecified atom stereocenters. The van der Waals surface area contributed by atoms with Crippen LogP contribution in [0.25, 0.3) is 0 Å². The Balaban J connectivity index is 2.22. The molecule has 0 aromatic carbocycles. The highest BCUT2D eigenvalue weighted by Crippen LogP contribution is 2.55. The fraction of sp³-hybridized carbons (Fsp3) is 0.900. The van der Waals surface area contributed by atoms with Gasteiger partial charge in [-0.1, -0.05) is 45.5 Å². The first-order chi connectivity index (χ1) is 12.0. The first-order valence-corrected chi connectivity index (χ1v) is 12.1. The lowest BCUT2D eigenvalue weighted by molar-refractivity contribution is -0.165. The Hall–Kier alpha value is -0.0500. The van der Waals surface area contributed by atoms with Crippen molar-refractivity contribution in [2.75, 3.05) is 13.2 Å². The summed E-state index contributed by atoms with van der Waals surface area (Å²) in [5.74, 6) is -0.184. The van der Waals surface area contributed by atoms with E-state index in [0.717, 1.165) is 19.3 Å². The fourth-order valence-corrected chi connectivity index (χ4v) is 6.13. The number of esters is 1. The van der Waals surface area contributed by atoms with Crippen molar-refractivity contribution >= 4 is 31.2 Å². The maximum absolute atomic E-state index is 12.7. The largest absolute Gasteiger partial charge is 0.455 e. The van der Waals surface area contributed by atoms with Crippen LogP contribution in [-0.2, 0) is 23.7 Å². The highest BCUT2D eigenvalue weighted by atomic mass is 127. The summed E-state index contributed by atoms with van der Waals surface area (Å²) in [6, 6.07) is 0. The summed E-state index contributed by atoms with van der Waals surface area (Å²) in [5, 5.41) is 0. The fourth-order valence-electron chi connectivity index (χ4n) is 3.68. The lowest BCUT2D eigenvalue weighted by atomic mass is 9.88. The predicted molar refractivity (Wildman–Crippen MR) is 112 cm³/mol. The number of carbonyl (C=O) groups excluding carboxylic acids is 1. The number of carbonyl (C=O) groups is 1. The first-order valence-electron chi connectivity index (χ1n) is 9.54. The molecule has 2 saturated heterocycles. The van der Waals surface area contributed by atoms with Crippen molar-refractivity contribution < 1.29 is 23.7 Å². The van der Waals surface area contributed by atoms with E-state index in [2.05, 4.69) is 32.2 Å². The second-order valence-corrected chi connectivity index (χ2v) is 11.1. The number of hydrogen-bond donors (Lipinski definition) is 0. The molecule has 0 aliphatic carbocycles. The second kappa shape index (κ2) is 7.76. The molecule has 0 radical (unpaired) electrons. The van der Waals surface area contributed by atoms with E-state index in [1.54, 1.807) is 0 Å². The third-order valence-electron chi connectivity index (χ3n) is 5.87. The molecule has 2 aliphatic heterocycles. The summed E-state index contributed by atoms with van der Waals surface area (Å²) in [6.07, 6.45) is 2.02. The zero-order valence-electron chi connectivity index (χ0n) is 17.3. The summed E-state index contributed by atoms with van der Waals surface area (Å²) in [7, 11) is 0. The van der Waals surface area contributed by atoms with E-state index in [-0.39, 0.29) is 17.7 Å². The Bertz CT molecular complexity index is 546. The molecule has 2 fully saturated rings. The molecular formula is C20H35IO5. The number of fused-ring (bicyclic) bond motifs is 1. The lowest BCUT2D eigenvalue weighted by Crippen LogP contribution is -2.55. The van der Waals surface area contributed by atoms with Crippen LogP contribution in [0.4, 0.5) is 0 Å². The molecule has 6 heteroatoms. The maximum Gasteiger partial charge on any atom is 0.311 e. The average Bonchev–Trinajstić information content (AvgIpc) is 2.99. The van der Waals surface area contributed by atoms with Crippen LogP contribution in [0.2, 0.25) is 0 Å². The van der Waals surface area contributed by atoms with Gasteiger partial charge >= 0.3 is 5.97 Å². The van der Waals surface area contributed by atoms with Crippen molar-refractivity contribution in [3.63, 3.8) is 0 Å². The van der Waals surface area contributed by atoms with Gasteiger partial charge in [-0.15, -0.1) is 0 Å². The summed E-state index contributed by atoms with van der Waals surface area (Å²) in [4.78, 5) is 12.7. The van der Waals surface area contributed by atoms with Crippen molar-refractivity contribution in [2.45, 2.75) is 94.7 Å². The van der Waals surface area contributed by atoms with Gasteiger partial charge in [0.25, 0.3) is 0 Å². The van der Waals surface area contributed by atoms with Crippen molar-refractivity contribution in [2.24, 2.45) is 5.41 Å². The quantitative estimate of drug-likeness (QED) is 0.295. The Kier molecular flexibility index (Phi) is 6.64. The summed E-state index contributed by atoms with van der Waals surface area (Å²) >= 11 is -0.656. The van der Waals surface area contributed by atoms with Gasteiger partial charge < -0.3 is 18.9 Å². The van der Waals surface area contributed by atoms with Crippen LogP contribution in [0.3, 0.4) is 0 Å². The van der Waals surface area contributed by atoms with Crippen LogP contribution in [0.5, 0.6) is 0 Å². The summed E-state index contributed by atoms with van der Waals surface area (Å²) < 4.78 is 28.3. The molecule has 152 valence electrons. The zero-order chi connectivity index (χ0) is 19.8. The minimum Gasteiger partial charge on any atom is -0.455 e. The number of hydrogen-bond acceptors (Lipinski definition) is 5. The van der Waals surface area contributed by atoms with Gasteiger partial charge in [-0.2, -0.15) is 0 Å². The van der Waals surface area contributed by atoms with Crippen LogP contribution in [0.15, 0.2) is 0 Å². The van der Waals surface area contributed by atoms with Gasteiger partial charge in [0.2, 0.25) is 0 Å². The molecule has 0 bridgehead atoms. The molecule has 0 aromatic rings. The first kappa shape index (κ1) is 22.2. The van der Waals surface area contributed by atoms with E-state index < -0.39 is 41.5 Å². The van der Waals surface area contributed by atoms with Crippen LogP contribution in [0.1, 0.15) is 67.7 Å². The molecule has 0 saturated carbocycles. The Labute approximate surface area is 168 Å². The van der Waals surface area contributed by atoms with E-state index in [0.29, 0.717) is 13.2 Å². The minimum atomic E-state index is -0.656. The van der Waals surface area contributed by atoms with Gasteiger partial charge in [0.1, 0.15) is 11.7 Å². The Morgan fingerprint density at radius 3 is 2.35 bits per heavy atom. The monoisotopic (exact) mass is 482 g/mol. The molecule has 2 aliphatic rings. The maximum atomic E-state index is 12.7. The normalized spacial score (nSPS) is 34.7. The van der Waals surface area contributed by atoms with Crippen LogP contribution in [-0.4, -0.2) is 50.7 Å². The molecule has 0 spiro atoms. The van der Waals surface area contributed by atoms with E-state index in [1.807, 2.05) is 20.8 Å². The smallest absolute Gasteiger partial charge is 0.311 e. The molecule has 0 amide bonds. The molecule has 0 N–H and O–H groups in total. The lowest BCUT2D eigenvalue weighted by Gasteiger charge is -2.39. The van der Waals surface area contributed by atoms with E-state index >= 15 is 0 Å². The molecule has 5 nitrogen and oxygen atoms in total. The van der Waals surface area contributed by atoms with Crippen LogP contribution in [0, 0.1) is 5.41 Å². The van der Waals surface area contributed by atoms with E-state index in [4.69, 9.17) is 18.9 Å². The van der Waals surface area contributed by atoms with Gasteiger partial charge in [0.15, 0.2) is 9.71 Å². The zero-order valence-corrected chi connectivity index (χ0v) is 19.5. The topological polar surface area (TPSA) is 54.0 Å². The number of halogens is 1. The summed E-state index contributed by atoms with van der Waals surface area (Å²) in [6.45, 7) is 15.0. The Morgan fingerprint density at radius 1 is 1.19 bits per heavy atom. The third kappa shape index (κ3) is 3.76. The van der Waals surface area contributed by atoms with Crippen LogP contribution < -0.4 is 0 Å². The standard InChI is InChI=1S/C20H35IO5/c1-9-11-17(3,4)16(22)25-15-13-23-19(7)14(26-18(5,6)10-2)12-24-20(15,19)21-8/h14-15H,8-13H2,1-7H3. The van der Waals surface area contributed by atoms with Gasteiger partial charge in [-0.25, -0.2) is 0 Å². The highest BCUT2D eigenvalue weighted by Gasteiger charge is 2.70. The van der Waals surface area contributed by atoms with Crippen LogP contribution >= 0.6 is 20.7 Å². The van der Waals surface area contributed by atoms with E-state index in [1.165, 1.54) is 0 Å². The molecule has 26 heavy (non-hydrogen) atoms. The average molecular weight is 482 g/mol. The molecule has 2 rings (SSSR count).